The van der Waals surface area contributed by atoms with E-state index in [1.54, 1.807) is 12.3 Å². The Kier molecular flexibility index (Phi) is 4.20. The van der Waals surface area contributed by atoms with Crippen LogP contribution in [0.15, 0.2) is 24.4 Å². The molecule has 1 saturated heterocycles. The number of urea groups is 1. The molecular formula is C12H18N2O5. The number of amides is 2. The Labute approximate surface area is 110 Å². The standard InChI is InChI=1S/C12H18N2O5/c1-2-3-14-5-7(4-13-12(14)18)11-10(17)9(16)8(6-15)19-11/h2,5,8-11,15-17H,1,3-4,6H2,(H,13,18)/t8-,9?,10+,11+/m1/s1. The zero-order chi connectivity index (χ0) is 14.0. The van der Waals surface area contributed by atoms with Gasteiger partial charge in [0.15, 0.2) is 0 Å². The maximum Gasteiger partial charge on any atom is 0.321 e. The molecule has 0 radical (unpaired) electrons. The van der Waals surface area contributed by atoms with E-state index >= 15 is 0 Å². The smallest absolute Gasteiger partial charge is 0.321 e. The summed E-state index contributed by atoms with van der Waals surface area (Å²) in [6, 6.07) is -0.254. The Hall–Kier alpha value is -1.41. The lowest BCUT2D eigenvalue weighted by Crippen LogP contribution is -2.45. The molecule has 0 saturated carbocycles. The molecule has 0 aromatic heterocycles. The summed E-state index contributed by atoms with van der Waals surface area (Å²) >= 11 is 0. The number of nitrogens with one attached hydrogen (secondary N) is 1. The minimum absolute atomic E-state index is 0.235. The van der Waals surface area contributed by atoms with Gasteiger partial charge in [-0.15, -0.1) is 6.58 Å². The van der Waals surface area contributed by atoms with Crippen LogP contribution in [-0.2, 0) is 4.74 Å². The summed E-state index contributed by atoms with van der Waals surface area (Å²) in [7, 11) is 0. The highest BCUT2D eigenvalue weighted by molar-refractivity contribution is 5.77. The zero-order valence-corrected chi connectivity index (χ0v) is 10.4. The molecule has 1 fully saturated rings. The first-order valence-electron chi connectivity index (χ1n) is 6.07. The van der Waals surface area contributed by atoms with Crippen molar-refractivity contribution in [1.29, 1.82) is 0 Å². The number of aliphatic hydroxyl groups is 3. The average Bonchev–Trinajstić information content (AvgIpc) is 2.69. The number of carbonyl (C=O) groups is 1. The molecule has 2 aliphatic rings. The third-order valence-corrected chi connectivity index (χ3v) is 3.26. The van der Waals surface area contributed by atoms with E-state index in [9.17, 15) is 15.0 Å². The van der Waals surface area contributed by atoms with E-state index in [1.165, 1.54) is 4.90 Å². The van der Waals surface area contributed by atoms with Gasteiger partial charge in [0, 0.05) is 19.3 Å². The van der Waals surface area contributed by atoms with Crippen LogP contribution in [0.2, 0.25) is 0 Å². The molecule has 2 amide bonds. The number of aliphatic hydroxyl groups excluding tert-OH is 3. The van der Waals surface area contributed by atoms with Gasteiger partial charge in [-0.25, -0.2) is 4.79 Å². The Morgan fingerprint density at radius 3 is 2.84 bits per heavy atom. The van der Waals surface area contributed by atoms with Crippen LogP contribution in [0.3, 0.4) is 0 Å². The first-order chi connectivity index (χ1) is 9.08. The van der Waals surface area contributed by atoms with Gasteiger partial charge in [0.1, 0.15) is 24.4 Å². The number of rotatable bonds is 4. The second kappa shape index (κ2) is 5.70. The summed E-state index contributed by atoms with van der Waals surface area (Å²) in [6.45, 7) is 3.76. The topological polar surface area (TPSA) is 102 Å². The van der Waals surface area contributed by atoms with Crippen molar-refractivity contribution in [1.82, 2.24) is 10.2 Å². The maximum atomic E-state index is 11.5. The molecule has 19 heavy (non-hydrogen) atoms. The molecule has 2 rings (SSSR count). The van der Waals surface area contributed by atoms with E-state index in [2.05, 4.69) is 11.9 Å². The molecule has 0 bridgehead atoms. The second-order valence-electron chi connectivity index (χ2n) is 4.56. The normalized spacial score (nSPS) is 35.0. The monoisotopic (exact) mass is 270 g/mol. The van der Waals surface area contributed by atoms with E-state index in [-0.39, 0.29) is 19.2 Å². The summed E-state index contributed by atoms with van der Waals surface area (Å²) < 4.78 is 5.41. The lowest BCUT2D eigenvalue weighted by atomic mass is 10.0. The minimum Gasteiger partial charge on any atom is -0.394 e. The van der Waals surface area contributed by atoms with E-state index < -0.39 is 24.4 Å². The Morgan fingerprint density at radius 2 is 2.26 bits per heavy atom. The van der Waals surface area contributed by atoms with Crippen LogP contribution in [0, 0.1) is 0 Å². The predicted molar refractivity (Wildman–Crippen MR) is 66.1 cm³/mol. The Morgan fingerprint density at radius 1 is 1.53 bits per heavy atom. The Bertz CT molecular complexity index is 398. The average molecular weight is 270 g/mol. The molecular weight excluding hydrogens is 252 g/mol. The summed E-state index contributed by atoms with van der Waals surface area (Å²) in [5.41, 5.74) is 0.643. The lowest BCUT2D eigenvalue weighted by Gasteiger charge is -2.28. The van der Waals surface area contributed by atoms with Crippen molar-refractivity contribution in [3.05, 3.63) is 24.4 Å². The van der Waals surface area contributed by atoms with Gasteiger partial charge in [0.05, 0.1) is 6.61 Å². The van der Waals surface area contributed by atoms with Gasteiger partial charge in [-0.1, -0.05) is 6.08 Å². The van der Waals surface area contributed by atoms with Crippen LogP contribution in [0.5, 0.6) is 0 Å². The number of nitrogens with zero attached hydrogens (tertiary/aromatic N) is 1. The molecule has 7 heteroatoms. The van der Waals surface area contributed by atoms with Crippen molar-refractivity contribution in [3.8, 4) is 0 Å². The largest absolute Gasteiger partial charge is 0.394 e. The van der Waals surface area contributed by atoms with Crippen LogP contribution in [0.1, 0.15) is 0 Å². The zero-order valence-electron chi connectivity index (χ0n) is 10.4. The molecule has 2 aliphatic heterocycles. The van der Waals surface area contributed by atoms with E-state index in [0.717, 1.165) is 0 Å². The fourth-order valence-electron chi connectivity index (χ4n) is 2.24. The van der Waals surface area contributed by atoms with Crippen LogP contribution >= 0.6 is 0 Å². The highest BCUT2D eigenvalue weighted by Gasteiger charge is 2.44. The highest BCUT2D eigenvalue weighted by atomic mass is 16.6. The summed E-state index contributed by atoms with van der Waals surface area (Å²) in [5, 5.41) is 31.3. The minimum atomic E-state index is -1.14. The number of carbonyl (C=O) groups excluding carboxylic acids is 1. The molecule has 4 N–H and O–H groups in total. The van der Waals surface area contributed by atoms with Crippen LogP contribution in [0.4, 0.5) is 4.79 Å². The van der Waals surface area contributed by atoms with Crippen LogP contribution < -0.4 is 5.32 Å². The van der Waals surface area contributed by atoms with E-state index in [0.29, 0.717) is 12.1 Å². The predicted octanol–water partition coefficient (Wildman–Crippen LogP) is -1.44. The highest BCUT2D eigenvalue weighted by Crippen LogP contribution is 2.27. The SMILES string of the molecule is C=CCN1C=C([C@@H]2O[C@H](CO)C(O)[C@@H]2O)CNC1=O. The van der Waals surface area contributed by atoms with E-state index in [1.807, 2.05) is 0 Å². The number of hydrogen-bond acceptors (Lipinski definition) is 5. The van der Waals surface area contributed by atoms with Gasteiger partial charge in [0.2, 0.25) is 0 Å². The molecule has 4 atom stereocenters. The van der Waals surface area contributed by atoms with Crippen molar-refractivity contribution >= 4 is 6.03 Å². The Balaban J connectivity index is 2.15. The molecule has 2 heterocycles. The van der Waals surface area contributed by atoms with Crippen LogP contribution in [-0.4, -0.2) is 70.4 Å². The molecule has 7 nitrogen and oxygen atoms in total. The molecule has 0 spiro atoms. The number of hydrogen-bond donors (Lipinski definition) is 4. The molecule has 0 aromatic carbocycles. The van der Waals surface area contributed by atoms with Crippen molar-refractivity contribution < 1.29 is 24.9 Å². The fraction of sp³-hybridized carbons (Fsp3) is 0.583. The van der Waals surface area contributed by atoms with Crippen molar-refractivity contribution in [2.24, 2.45) is 0 Å². The van der Waals surface area contributed by atoms with Gasteiger partial charge >= 0.3 is 6.03 Å². The van der Waals surface area contributed by atoms with Crippen molar-refractivity contribution in [2.75, 3.05) is 19.7 Å². The molecule has 1 unspecified atom stereocenters. The summed E-state index contributed by atoms with van der Waals surface area (Å²) in [5.74, 6) is 0. The molecule has 0 aromatic rings. The first-order valence-corrected chi connectivity index (χ1v) is 6.07. The summed E-state index contributed by atoms with van der Waals surface area (Å²) in [4.78, 5) is 12.9. The fourth-order valence-corrected chi connectivity index (χ4v) is 2.24. The molecule has 0 aliphatic carbocycles. The number of ether oxygens (including phenoxy) is 1. The van der Waals surface area contributed by atoms with Gasteiger partial charge < -0.3 is 25.4 Å². The quantitative estimate of drug-likeness (QED) is 0.469. The van der Waals surface area contributed by atoms with Gasteiger partial charge in [-0.3, -0.25) is 4.90 Å². The first kappa shape index (κ1) is 14.0. The summed E-state index contributed by atoms with van der Waals surface area (Å²) in [6.07, 6.45) is -0.645. The van der Waals surface area contributed by atoms with Gasteiger partial charge in [-0.05, 0) is 5.57 Å². The van der Waals surface area contributed by atoms with Crippen LogP contribution in [0.25, 0.3) is 0 Å². The van der Waals surface area contributed by atoms with Crippen molar-refractivity contribution in [2.45, 2.75) is 24.4 Å². The lowest BCUT2D eigenvalue weighted by molar-refractivity contribution is -0.0145. The molecule has 106 valence electrons. The maximum absolute atomic E-state index is 11.5. The second-order valence-corrected chi connectivity index (χ2v) is 4.56. The van der Waals surface area contributed by atoms with Gasteiger partial charge in [-0.2, -0.15) is 0 Å². The third kappa shape index (κ3) is 2.64. The van der Waals surface area contributed by atoms with E-state index in [4.69, 9.17) is 9.84 Å². The van der Waals surface area contributed by atoms with Gasteiger partial charge in [0.25, 0.3) is 0 Å². The van der Waals surface area contributed by atoms with Crippen molar-refractivity contribution in [3.63, 3.8) is 0 Å². The third-order valence-electron chi connectivity index (χ3n) is 3.26.